The van der Waals surface area contributed by atoms with E-state index in [1.165, 1.54) is 4.31 Å². The van der Waals surface area contributed by atoms with Gasteiger partial charge in [-0.05, 0) is 53.8 Å². The average Bonchev–Trinajstić information content (AvgIpc) is 2.52. The average molecular weight is 483 g/mol. The van der Waals surface area contributed by atoms with Crippen LogP contribution in [0.2, 0.25) is 19.6 Å². The fourth-order valence-electron chi connectivity index (χ4n) is 2.17. The zero-order chi connectivity index (χ0) is 18.7. The highest BCUT2D eigenvalue weighted by Crippen LogP contribution is 2.28. The summed E-state index contributed by atoms with van der Waals surface area (Å²) in [5.74, 6) is 3.09. The van der Waals surface area contributed by atoms with Gasteiger partial charge < -0.3 is 0 Å². The number of hydrogen-bond acceptors (Lipinski definition) is 2. The lowest BCUT2D eigenvalue weighted by atomic mass is 10.2. The van der Waals surface area contributed by atoms with Crippen molar-refractivity contribution >= 4 is 46.4 Å². The van der Waals surface area contributed by atoms with Crippen molar-refractivity contribution in [1.29, 1.82) is 0 Å². The number of halogens is 1. The highest BCUT2D eigenvalue weighted by molar-refractivity contribution is 14.1. The number of rotatable bonds is 4. The Balaban J connectivity index is 2.52. The standard InChI is InChI=1S/C19H22INO2SSi/c1-16-10-12-17(13-11-16)24(22,23)21(14-7-15-25(2,3)4)19-9-6-5-8-18(19)20/h5-6,8-13H,14H2,1-4H3. The predicted octanol–water partition coefficient (Wildman–Crippen LogP) is 4.68. The van der Waals surface area contributed by atoms with Crippen LogP contribution in [0.3, 0.4) is 0 Å². The summed E-state index contributed by atoms with van der Waals surface area (Å²) >= 11 is 2.16. The molecule has 0 spiro atoms. The third-order valence-corrected chi connectivity index (χ3v) is 7.03. The van der Waals surface area contributed by atoms with Crippen LogP contribution in [0.15, 0.2) is 53.4 Å². The number of anilines is 1. The molecule has 0 unspecified atom stereocenters. The molecule has 0 radical (unpaired) electrons. The quantitative estimate of drug-likeness (QED) is 0.360. The van der Waals surface area contributed by atoms with Crippen molar-refractivity contribution in [3.63, 3.8) is 0 Å². The Morgan fingerprint density at radius 3 is 2.20 bits per heavy atom. The van der Waals surface area contributed by atoms with Gasteiger partial charge in [0.2, 0.25) is 0 Å². The van der Waals surface area contributed by atoms with Gasteiger partial charge in [0.25, 0.3) is 10.0 Å². The van der Waals surface area contributed by atoms with Crippen molar-refractivity contribution in [2.24, 2.45) is 0 Å². The van der Waals surface area contributed by atoms with Crippen LogP contribution >= 0.6 is 22.6 Å². The van der Waals surface area contributed by atoms with Crippen LogP contribution in [0.4, 0.5) is 5.69 Å². The van der Waals surface area contributed by atoms with E-state index in [1.54, 1.807) is 12.1 Å². The van der Waals surface area contributed by atoms with Gasteiger partial charge in [0, 0.05) is 3.57 Å². The molecule has 0 atom stereocenters. The molecule has 25 heavy (non-hydrogen) atoms. The molecule has 0 bridgehead atoms. The topological polar surface area (TPSA) is 37.4 Å². The van der Waals surface area contributed by atoms with Crippen molar-refractivity contribution in [1.82, 2.24) is 0 Å². The fraction of sp³-hybridized carbons (Fsp3) is 0.263. The molecule has 0 heterocycles. The summed E-state index contributed by atoms with van der Waals surface area (Å²) in [6.07, 6.45) is 0. The minimum Gasteiger partial charge on any atom is -0.253 e. The molecule has 2 aromatic carbocycles. The summed E-state index contributed by atoms with van der Waals surface area (Å²) in [4.78, 5) is 0.285. The zero-order valence-corrected chi connectivity index (χ0v) is 18.8. The van der Waals surface area contributed by atoms with Gasteiger partial charge in [-0.25, -0.2) is 8.42 Å². The first kappa shape index (κ1) is 20.0. The summed E-state index contributed by atoms with van der Waals surface area (Å²) in [6, 6.07) is 14.4. The molecule has 0 saturated carbocycles. The second-order valence-electron chi connectivity index (χ2n) is 6.83. The molecule has 0 amide bonds. The minimum absolute atomic E-state index is 0.153. The van der Waals surface area contributed by atoms with Gasteiger partial charge in [-0.15, -0.1) is 5.54 Å². The molecule has 0 aliphatic carbocycles. The number of aryl methyl sites for hydroxylation is 1. The van der Waals surface area contributed by atoms with E-state index >= 15 is 0 Å². The fourth-order valence-corrected chi connectivity index (χ4v) is 5.01. The van der Waals surface area contributed by atoms with Gasteiger partial charge in [-0.3, -0.25) is 4.31 Å². The number of sulfonamides is 1. The van der Waals surface area contributed by atoms with Crippen LogP contribution in [0, 0.1) is 22.0 Å². The van der Waals surface area contributed by atoms with E-state index in [0.29, 0.717) is 5.69 Å². The number of benzene rings is 2. The van der Waals surface area contributed by atoms with E-state index in [-0.39, 0.29) is 11.4 Å². The van der Waals surface area contributed by atoms with Crippen molar-refractivity contribution < 1.29 is 8.42 Å². The van der Waals surface area contributed by atoms with E-state index in [0.717, 1.165) is 9.13 Å². The van der Waals surface area contributed by atoms with E-state index < -0.39 is 18.1 Å². The maximum Gasteiger partial charge on any atom is 0.265 e. The molecule has 0 saturated heterocycles. The predicted molar refractivity (Wildman–Crippen MR) is 116 cm³/mol. The van der Waals surface area contributed by atoms with Crippen molar-refractivity contribution in [2.75, 3.05) is 10.8 Å². The van der Waals surface area contributed by atoms with Crippen molar-refractivity contribution in [3.8, 4) is 11.5 Å². The number of para-hydroxylation sites is 1. The van der Waals surface area contributed by atoms with Gasteiger partial charge in [0.15, 0.2) is 0 Å². The SMILES string of the molecule is Cc1ccc(S(=O)(=O)N(CC#C[Si](C)(C)C)c2ccccc2I)cc1. The first-order valence-electron chi connectivity index (χ1n) is 7.95. The van der Waals surface area contributed by atoms with E-state index in [2.05, 4.69) is 53.7 Å². The zero-order valence-electron chi connectivity index (χ0n) is 14.9. The van der Waals surface area contributed by atoms with Crippen LogP contribution in [0.25, 0.3) is 0 Å². The third kappa shape index (κ3) is 5.33. The monoisotopic (exact) mass is 483 g/mol. The van der Waals surface area contributed by atoms with E-state index in [1.807, 2.05) is 43.3 Å². The molecule has 2 aromatic rings. The Morgan fingerprint density at radius 2 is 1.64 bits per heavy atom. The highest BCUT2D eigenvalue weighted by Gasteiger charge is 2.25. The van der Waals surface area contributed by atoms with Crippen molar-refractivity contribution in [3.05, 3.63) is 57.7 Å². The molecule has 0 N–H and O–H groups in total. The van der Waals surface area contributed by atoms with Crippen LogP contribution in [0.5, 0.6) is 0 Å². The first-order valence-corrected chi connectivity index (χ1v) is 14.0. The molecule has 3 nitrogen and oxygen atoms in total. The Bertz CT molecular complexity index is 907. The molecule has 6 heteroatoms. The molecule has 0 aliphatic rings. The molecule has 0 aromatic heterocycles. The first-order chi connectivity index (χ1) is 11.6. The summed E-state index contributed by atoms with van der Waals surface area (Å²) in [7, 11) is -5.24. The molecule has 0 aliphatic heterocycles. The number of nitrogens with zero attached hydrogens (tertiary/aromatic N) is 1. The second-order valence-corrected chi connectivity index (χ2v) is 14.6. The lowest BCUT2D eigenvalue weighted by Crippen LogP contribution is -2.32. The van der Waals surface area contributed by atoms with Gasteiger partial charge in [-0.2, -0.15) is 0 Å². The highest BCUT2D eigenvalue weighted by atomic mass is 127. The maximum absolute atomic E-state index is 13.2. The van der Waals surface area contributed by atoms with E-state index in [4.69, 9.17) is 0 Å². The second kappa shape index (κ2) is 7.93. The summed E-state index contributed by atoms with van der Waals surface area (Å²) in [6.45, 7) is 8.52. The Labute approximate surface area is 165 Å². The molecule has 0 fully saturated rings. The molecule has 132 valence electrons. The van der Waals surface area contributed by atoms with Gasteiger partial charge in [0.1, 0.15) is 8.07 Å². The van der Waals surface area contributed by atoms with Crippen molar-refractivity contribution in [2.45, 2.75) is 31.5 Å². The Morgan fingerprint density at radius 1 is 1.04 bits per heavy atom. The van der Waals surface area contributed by atoms with Gasteiger partial charge in [0.05, 0.1) is 17.1 Å². The lowest BCUT2D eigenvalue weighted by molar-refractivity contribution is 0.593. The summed E-state index contributed by atoms with van der Waals surface area (Å²) in [5.41, 5.74) is 4.94. The molecular weight excluding hydrogens is 461 g/mol. The van der Waals surface area contributed by atoms with Crippen LogP contribution < -0.4 is 4.31 Å². The summed E-state index contributed by atoms with van der Waals surface area (Å²) < 4.78 is 28.7. The third-order valence-electron chi connectivity index (χ3n) is 3.42. The normalized spacial score (nSPS) is 11.6. The largest absolute Gasteiger partial charge is 0.265 e. The number of hydrogen-bond donors (Lipinski definition) is 0. The van der Waals surface area contributed by atoms with Gasteiger partial charge >= 0.3 is 0 Å². The summed E-state index contributed by atoms with van der Waals surface area (Å²) in [5, 5.41) is 0. The van der Waals surface area contributed by atoms with E-state index in [9.17, 15) is 8.42 Å². The molecule has 2 rings (SSSR count). The Kier molecular flexibility index (Phi) is 6.35. The smallest absolute Gasteiger partial charge is 0.253 e. The van der Waals surface area contributed by atoms with Crippen LogP contribution in [-0.2, 0) is 10.0 Å². The van der Waals surface area contributed by atoms with Gasteiger partial charge in [-0.1, -0.05) is 55.4 Å². The van der Waals surface area contributed by atoms with Crippen LogP contribution in [-0.4, -0.2) is 23.0 Å². The lowest BCUT2D eigenvalue weighted by Gasteiger charge is -2.23. The van der Waals surface area contributed by atoms with Crippen LogP contribution in [0.1, 0.15) is 5.56 Å². The Hall–Kier alpha value is -1.30. The minimum atomic E-state index is -3.67. The molecular formula is C19H22INO2SSi. The maximum atomic E-state index is 13.2.